The Bertz CT molecular complexity index is 3120. The molecule has 9 atom stereocenters. The quantitative estimate of drug-likeness (QED) is 0.0308. The summed E-state index contributed by atoms with van der Waals surface area (Å²) in [7, 11) is -37.0. The molecule has 0 saturated carbocycles. The van der Waals surface area contributed by atoms with Gasteiger partial charge < -0.3 is 76.4 Å². The lowest BCUT2D eigenvalue weighted by Crippen LogP contribution is -2.43. The van der Waals surface area contributed by atoms with Crippen molar-refractivity contribution in [2.75, 3.05) is 79.5 Å². The van der Waals surface area contributed by atoms with Crippen LogP contribution >= 0.6 is 46.9 Å². The number of imidazole rings is 1. The third-order valence-corrected chi connectivity index (χ3v) is 23.3. The summed E-state index contributed by atoms with van der Waals surface area (Å²) < 4.78 is 109. The monoisotopic (exact) mass is 1340 g/mol. The summed E-state index contributed by atoms with van der Waals surface area (Å²) in [6.45, 7) is 3.09. The number of carbonyl (C=O) groups excluding carboxylic acids is 2. The number of nitrogens with zero attached hydrogens (tertiary/aromatic N) is 9. The molecule has 0 spiro atoms. The number of aliphatic hydroxyl groups excluding tert-OH is 1. The second-order valence-electron chi connectivity index (χ2n) is 20.8. The predicted octanol–water partition coefficient (Wildman–Crippen LogP) is 2.61. The molecule has 7 rings (SSSR count). The van der Waals surface area contributed by atoms with Gasteiger partial charge in [0.1, 0.15) is 18.1 Å². The summed E-state index contributed by atoms with van der Waals surface area (Å²) in [5.41, 5.74) is 17.0. The van der Waals surface area contributed by atoms with E-state index in [1.807, 2.05) is 0 Å². The van der Waals surface area contributed by atoms with Gasteiger partial charge in [0.15, 0.2) is 11.2 Å². The van der Waals surface area contributed by atoms with Crippen molar-refractivity contribution in [3.05, 3.63) is 16.7 Å². The second-order valence-corrected chi connectivity index (χ2v) is 30.3. The van der Waals surface area contributed by atoms with Crippen molar-refractivity contribution < 1.29 is 107 Å². The number of nitrogen functional groups attached to an aromatic ring is 1. The molecule has 1 amide bonds. The normalized spacial score (nSPS) is 23.7. The van der Waals surface area contributed by atoms with E-state index in [1.165, 1.54) is 4.57 Å². The first-order valence-corrected chi connectivity index (χ1v) is 36.5. The molecule has 0 bridgehead atoms. The first kappa shape index (κ1) is 69.9. The third-order valence-electron chi connectivity index (χ3n) is 14.1. The van der Waals surface area contributed by atoms with Gasteiger partial charge in [-0.15, -0.1) is 0 Å². The Labute approximate surface area is 491 Å². The smallest absolute Gasteiger partial charge is 0.390 e. The van der Waals surface area contributed by atoms with Gasteiger partial charge in [0, 0.05) is 83.1 Å². The molecule has 486 valence electrons. The molecule has 7 unspecified atom stereocenters. The zero-order chi connectivity index (χ0) is 62.7. The number of hydrogen-bond acceptors (Lipinski definition) is 29. The molecular formula is C42H74N14O24P6. The summed E-state index contributed by atoms with van der Waals surface area (Å²) in [6.07, 6.45) is 6.78. The number of nitrogens with two attached hydrogens (primary N) is 3. The second kappa shape index (κ2) is 30.5. The maximum atomic E-state index is 13.2. The van der Waals surface area contributed by atoms with Crippen molar-refractivity contribution in [1.29, 1.82) is 0 Å². The molecular weight excluding hydrogens is 1270 g/mol. The van der Waals surface area contributed by atoms with Crippen LogP contribution in [0.5, 0.6) is 0 Å². The van der Waals surface area contributed by atoms with Crippen molar-refractivity contribution in [3.8, 4) is 0 Å². The number of piperidine rings is 3. The molecule has 44 heteroatoms. The molecule has 4 saturated heterocycles. The van der Waals surface area contributed by atoms with Crippen LogP contribution in [0.4, 0.5) is 23.8 Å². The lowest BCUT2D eigenvalue weighted by Gasteiger charge is -2.35. The molecule has 86 heavy (non-hydrogen) atoms. The van der Waals surface area contributed by atoms with E-state index in [1.54, 1.807) is 0 Å². The van der Waals surface area contributed by atoms with Crippen LogP contribution in [0.25, 0.3) is 11.2 Å². The number of anilines is 4. The maximum Gasteiger partial charge on any atom is 0.490 e. The first-order chi connectivity index (χ1) is 40.3. The molecule has 3 aromatic rings. The molecule has 3 aromatic heterocycles. The topological polar surface area (TPSA) is 554 Å². The Morgan fingerprint density at radius 1 is 0.628 bits per heavy atom. The number of rotatable bonds is 33. The Morgan fingerprint density at radius 3 is 1.60 bits per heavy atom. The van der Waals surface area contributed by atoms with E-state index < -0.39 is 84.1 Å². The number of fused-ring (bicyclic) bond motifs is 1. The molecule has 38 nitrogen and oxygen atoms in total. The van der Waals surface area contributed by atoms with Gasteiger partial charge in [-0.2, -0.15) is 41.5 Å². The largest absolute Gasteiger partial charge is 0.490 e. The highest BCUT2D eigenvalue weighted by atomic mass is 31.3. The van der Waals surface area contributed by atoms with Crippen LogP contribution in [-0.4, -0.2) is 164 Å². The summed E-state index contributed by atoms with van der Waals surface area (Å²) in [5.74, 6) is 1.69. The summed E-state index contributed by atoms with van der Waals surface area (Å²) in [4.78, 5) is 128. The molecule has 0 radical (unpaired) electrons. The average molecular weight is 1340 g/mol. The number of Topliss-reactive ketones (excluding diaryl/α,β-unsaturated/α-hetero) is 1. The molecule has 7 heterocycles. The highest BCUT2D eigenvalue weighted by Gasteiger charge is 2.50. The Kier molecular flexibility index (Phi) is 24.8. The Morgan fingerprint density at radius 2 is 1.08 bits per heavy atom. The van der Waals surface area contributed by atoms with Crippen molar-refractivity contribution in [3.63, 3.8) is 0 Å². The van der Waals surface area contributed by atoms with E-state index in [9.17, 15) is 76.2 Å². The molecule has 4 aliphatic heterocycles. The molecule has 0 aliphatic carbocycles. The molecule has 15 N–H and O–H groups in total. The number of hydrogen-bond donors (Lipinski definition) is 12. The number of phosphoric ester groups is 2. The fraction of sp³-hybridized carbons (Fsp3) is 0.762. The number of carbonyl (C=O) groups is 2. The summed E-state index contributed by atoms with van der Waals surface area (Å²) in [5, 5.41) is 13.2. The number of ketones is 1. The van der Waals surface area contributed by atoms with Gasteiger partial charge in [-0.25, -0.2) is 32.4 Å². The minimum atomic E-state index is -6.51. The van der Waals surface area contributed by atoms with E-state index in [-0.39, 0.29) is 59.6 Å². The Balaban J connectivity index is 0.707. The number of nitrogens with one attached hydrogen (secondary N) is 2. The third kappa shape index (κ3) is 21.8. The van der Waals surface area contributed by atoms with Gasteiger partial charge in [-0.05, 0) is 64.2 Å². The number of amides is 1. The van der Waals surface area contributed by atoms with Crippen molar-refractivity contribution in [1.82, 2.24) is 39.8 Å². The minimum absolute atomic E-state index is 0.0422. The zero-order valence-corrected chi connectivity index (χ0v) is 51.8. The van der Waals surface area contributed by atoms with E-state index in [4.69, 9.17) is 36.9 Å². The lowest BCUT2D eigenvalue weighted by atomic mass is 9.90. The van der Waals surface area contributed by atoms with E-state index in [2.05, 4.69) is 65.6 Å². The van der Waals surface area contributed by atoms with Crippen LogP contribution in [0.3, 0.4) is 0 Å². The number of ether oxygens (including phenoxy) is 1. The SMILES string of the molecule is Nc1nc2c(ncn2[C@H]2CC(O)[C@@H](COP(=O)(O)OP(=O)(O)OP(=O)(O)OP(=O)(O)OP(=O)(O)OP(=O)(O)OCCCCCCNC(=O)CCCCCCC(=O)C3CCN(c4nc(N5CCC(N)CC5)nc(N5CCC(N)CC5)n4)CC3)O2)c(=O)[nH]1. The van der Waals surface area contributed by atoms with Gasteiger partial charge in [0.05, 0.1) is 25.6 Å². The van der Waals surface area contributed by atoms with Gasteiger partial charge in [0.25, 0.3) is 5.56 Å². The Hall–Kier alpha value is -3.60. The van der Waals surface area contributed by atoms with Crippen LogP contribution in [0.2, 0.25) is 0 Å². The van der Waals surface area contributed by atoms with Crippen molar-refractivity contribution >= 4 is 93.6 Å². The van der Waals surface area contributed by atoms with Gasteiger partial charge in [-0.1, -0.05) is 25.7 Å². The number of aromatic amines is 1. The number of aliphatic hydroxyl groups is 1. The van der Waals surface area contributed by atoms with Crippen LogP contribution < -0.4 is 42.8 Å². The van der Waals surface area contributed by atoms with Crippen LogP contribution in [0.15, 0.2) is 11.1 Å². The minimum Gasteiger partial charge on any atom is -0.390 e. The van der Waals surface area contributed by atoms with Gasteiger partial charge in [0.2, 0.25) is 29.7 Å². The van der Waals surface area contributed by atoms with Crippen LogP contribution in [-0.2, 0) is 72.3 Å². The van der Waals surface area contributed by atoms with Gasteiger partial charge >= 0.3 is 46.9 Å². The highest BCUT2D eigenvalue weighted by molar-refractivity contribution is 7.72. The fourth-order valence-corrected chi connectivity index (χ4v) is 17.5. The number of unbranched alkanes of at least 4 members (excludes halogenated alkanes) is 6. The number of H-pyrrole nitrogens is 1. The fourth-order valence-electron chi connectivity index (χ4n) is 9.70. The summed E-state index contributed by atoms with van der Waals surface area (Å²) >= 11 is 0. The van der Waals surface area contributed by atoms with E-state index in [0.717, 1.165) is 77.5 Å². The zero-order valence-electron chi connectivity index (χ0n) is 46.4. The summed E-state index contributed by atoms with van der Waals surface area (Å²) in [6, 6.07) is 0.334. The number of phosphoric acid groups is 6. The average Bonchev–Trinajstić information content (AvgIpc) is 2.12. The van der Waals surface area contributed by atoms with Gasteiger partial charge in [-0.3, -0.25) is 33.0 Å². The standard InChI is InChI=1S/C42H74N14O24P6/c43-29-13-20-54(21-14-29)41-50-40(51-42(52-41)55-22-15-30(44)16-23-55)53-18-11-28(12-19-53)31(57)9-5-1-2-6-10-34(59)46-17-7-3-4-8-24-73-81(61,62)76-83(65,66)78-85(69,70)80-86(71,72)79-84(67,68)77-82(63,64)74-26-33-32(58)25-35(75-33)56-27-47-36-37(56)48-39(45)49-38(36)60/h27-30,32-33,35,58H,1-26,43-44H2,(H,46,59)(H,61,62)(H,63,64)(H,65,66)(H,67,68)(H,69,70)(H,71,72)(H3,45,48,49,60)/t32?,33-,35-/m1/s1. The van der Waals surface area contributed by atoms with E-state index in [0.29, 0.717) is 88.8 Å². The van der Waals surface area contributed by atoms with Crippen LogP contribution in [0.1, 0.15) is 115 Å². The molecule has 4 fully saturated rings. The van der Waals surface area contributed by atoms with Crippen LogP contribution in [0, 0.1) is 5.92 Å². The highest BCUT2D eigenvalue weighted by Crippen LogP contribution is 2.75. The maximum absolute atomic E-state index is 13.2. The lowest BCUT2D eigenvalue weighted by molar-refractivity contribution is -0.124. The predicted molar refractivity (Wildman–Crippen MR) is 301 cm³/mol. The van der Waals surface area contributed by atoms with Crippen molar-refractivity contribution in [2.24, 2.45) is 17.4 Å². The number of aromatic nitrogens is 7. The first-order valence-electron chi connectivity index (χ1n) is 27.5. The van der Waals surface area contributed by atoms with Crippen molar-refractivity contribution in [2.45, 2.75) is 140 Å². The molecule has 4 aliphatic rings. The molecule has 0 aromatic carbocycles. The van der Waals surface area contributed by atoms with E-state index >= 15 is 0 Å².